The van der Waals surface area contributed by atoms with E-state index in [4.69, 9.17) is 0 Å². The third-order valence-corrected chi connectivity index (χ3v) is 3.60. The van der Waals surface area contributed by atoms with Gasteiger partial charge in [0.25, 0.3) is 5.91 Å². The van der Waals surface area contributed by atoms with Crippen molar-refractivity contribution < 1.29 is 22.7 Å². The lowest BCUT2D eigenvalue weighted by atomic mass is 10.1. The summed E-state index contributed by atoms with van der Waals surface area (Å²) in [5.74, 6) is -0.732. The maximum Gasteiger partial charge on any atom is 0.573 e. The molecule has 26 heavy (non-hydrogen) atoms. The zero-order chi connectivity index (χ0) is 18.7. The SMILES string of the molecule is Cc1ccc(C(=O)Nc2ccc(OC(F)(F)F)cc2)cc1-n1ccnc1. The second-order valence-corrected chi connectivity index (χ2v) is 5.50. The van der Waals surface area contributed by atoms with Crippen LogP contribution in [0, 0.1) is 6.92 Å². The molecule has 8 heteroatoms. The van der Waals surface area contributed by atoms with Crippen LogP contribution in [-0.4, -0.2) is 21.8 Å². The van der Waals surface area contributed by atoms with Crippen LogP contribution in [0.25, 0.3) is 5.69 Å². The molecule has 0 atom stereocenters. The fourth-order valence-corrected chi connectivity index (χ4v) is 2.37. The number of benzene rings is 2. The topological polar surface area (TPSA) is 56.1 Å². The third-order valence-electron chi connectivity index (χ3n) is 3.60. The van der Waals surface area contributed by atoms with Gasteiger partial charge in [-0.15, -0.1) is 13.2 Å². The molecule has 1 amide bonds. The van der Waals surface area contributed by atoms with Gasteiger partial charge in [-0.2, -0.15) is 0 Å². The summed E-state index contributed by atoms with van der Waals surface area (Å²) >= 11 is 0. The molecule has 0 spiro atoms. The number of nitrogens with one attached hydrogen (secondary N) is 1. The first-order chi connectivity index (χ1) is 12.3. The van der Waals surface area contributed by atoms with Gasteiger partial charge in [-0.25, -0.2) is 4.98 Å². The van der Waals surface area contributed by atoms with Crippen LogP contribution in [0.1, 0.15) is 15.9 Å². The number of carbonyl (C=O) groups excluding carboxylic acids is 1. The highest BCUT2D eigenvalue weighted by Crippen LogP contribution is 2.24. The van der Waals surface area contributed by atoms with Gasteiger partial charge in [-0.05, 0) is 48.9 Å². The van der Waals surface area contributed by atoms with Gasteiger partial charge >= 0.3 is 6.36 Å². The molecule has 0 radical (unpaired) electrons. The fraction of sp³-hybridized carbons (Fsp3) is 0.111. The van der Waals surface area contributed by atoms with E-state index in [1.807, 2.05) is 13.0 Å². The van der Waals surface area contributed by atoms with E-state index < -0.39 is 6.36 Å². The maximum atomic E-state index is 12.4. The minimum atomic E-state index is -4.75. The molecule has 0 bridgehead atoms. The molecule has 0 aliphatic heterocycles. The number of carbonyl (C=O) groups is 1. The highest BCUT2D eigenvalue weighted by Gasteiger charge is 2.30. The van der Waals surface area contributed by atoms with E-state index in [0.29, 0.717) is 11.3 Å². The van der Waals surface area contributed by atoms with Crippen molar-refractivity contribution >= 4 is 11.6 Å². The molecule has 5 nitrogen and oxygen atoms in total. The van der Waals surface area contributed by atoms with E-state index >= 15 is 0 Å². The summed E-state index contributed by atoms with van der Waals surface area (Å²) in [6.07, 6.45) is 0.278. The fourth-order valence-electron chi connectivity index (χ4n) is 2.37. The number of imidazole rings is 1. The van der Waals surface area contributed by atoms with Crippen LogP contribution < -0.4 is 10.1 Å². The van der Waals surface area contributed by atoms with Gasteiger partial charge in [0.15, 0.2) is 0 Å². The van der Waals surface area contributed by atoms with Gasteiger partial charge in [0, 0.05) is 23.6 Å². The lowest BCUT2D eigenvalue weighted by molar-refractivity contribution is -0.274. The van der Waals surface area contributed by atoms with Crippen LogP contribution >= 0.6 is 0 Å². The van der Waals surface area contributed by atoms with Crippen molar-refractivity contribution in [3.63, 3.8) is 0 Å². The van der Waals surface area contributed by atoms with E-state index in [2.05, 4.69) is 15.0 Å². The predicted molar refractivity (Wildman–Crippen MR) is 89.4 cm³/mol. The number of aromatic nitrogens is 2. The Labute approximate surface area is 147 Å². The Bertz CT molecular complexity index is 904. The van der Waals surface area contributed by atoms with Crippen molar-refractivity contribution in [1.82, 2.24) is 9.55 Å². The molecule has 3 rings (SSSR count). The van der Waals surface area contributed by atoms with Crippen molar-refractivity contribution in [3.05, 3.63) is 72.3 Å². The Kier molecular flexibility index (Phi) is 4.66. The monoisotopic (exact) mass is 361 g/mol. The van der Waals surface area contributed by atoms with Gasteiger partial charge in [0.2, 0.25) is 0 Å². The number of nitrogens with zero attached hydrogens (tertiary/aromatic N) is 2. The van der Waals surface area contributed by atoms with Crippen molar-refractivity contribution in [2.45, 2.75) is 13.3 Å². The van der Waals surface area contributed by atoms with Crippen LogP contribution in [0.4, 0.5) is 18.9 Å². The summed E-state index contributed by atoms with van der Waals surface area (Å²) in [7, 11) is 0. The van der Waals surface area contributed by atoms with Crippen LogP contribution in [0.5, 0.6) is 5.75 Å². The zero-order valence-corrected chi connectivity index (χ0v) is 13.6. The van der Waals surface area contributed by atoms with Crippen LogP contribution in [0.15, 0.2) is 61.2 Å². The molecule has 1 N–H and O–H groups in total. The molecule has 1 aromatic heterocycles. The number of hydrogen-bond donors (Lipinski definition) is 1. The van der Waals surface area contributed by atoms with E-state index in [-0.39, 0.29) is 11.7 Å². The van der Waals surface area contributed by atoms with Crippen molar-refractivity contribution in [1.29, 1.82) is 0 Å². The van der Waals surface area contributed by atoms with Gasteiger partial charge in [-0.1, -0.05) is 6.07 Å². The summed E-state index contributed by atoms with van der Waals surface area (Å²) in [6.45, 7) is 1.91. The molecule has 1 heterocycles. The first-order valence-corrected chi connectivity index (χ1v) is 7.58. The Morgan fingerprint density at radius 3 is 2.50 bits per heavy atom. The minimum absolute atomic E-state index is 0.353. The number of ether oxygens (including phenoxy) is 1. The molecule has 134 valence electrons. The molecular formula is C18H14F3N3O2. The van der Waals surface area contributed by atoms with Gasteiger partial charge in [-0.3, -0.25) is 4.79 Å². The number of hydrogen-bond acceptors (Lipinski definition) is 3. The predicted octanol–water partition coefficient (Wildman–Crippen LogP) is 4.33. The van der Waals surface area contributed by atoms with Crippen LogP contribution in [-0.2, 0) is 0 Å². The molecule has 0 unspecified atom stereocenters. The summed E-state index contributed by atoms with van der Waals surface area (Å²) in [5.41, 5.74) is 2.54. The lowest BCUT2D eigenvalue weighted by Gasteiger charge is -2.11. The highest BCUT2D eigenvalue weighted by molar-refractivity contribution is 6.04. The molecule has 0 aliphatic carbocycles. The maximum absolute atomic E-state index is 12.4. The summed E-state index contributed by atoms with van der Waals surface area (Å²) in [6, 6.07) is 10.1. The van der Waals surface area contributed by atoms with Gasteiger partial charge in [0.05, 0.1) is 12.0 Å². The quantitative estimate of drug-likeness (QED) is 0.752. The number of rotatable bonds is 4. The average Bonchev–Trinajstić information content (AvgIpc) is 3.10. The number of alkyl halides is 3. The van der Waals surface area contributed by atoms with E-state index in [1.165, 1.54) is 12.1 Å². The Morgan fingerprint density at radius 2 is 1.88 bits per heavy atom. The van der Waals surface area contributed by atoms with E-state index in [9.17, 15) is 18.0 Å². The smallest absolute Gasteiger partial charge is 0.406 e. The normalized spacial score (nSPS) is 11.2. The Hall–Kier alpha value is -3.29. The Balaban J connectivity index is 1.75. The van der Waals surface area contributed by atoms with E-state index in [1.54, 1.807) is 35.4 Å². The molecule has 0 saturated heterocycles. The average molecular weight is 361 g/mol. The Morgan fingerprint density at radius 1 is 1.15 bits per heavy atom. The van der Waals surface area contributed by atoms with Crippen molar-refractivity contribution in [3.8, 4) is 11.4 Å². The number of amides is 1. The van der Waals surface area contributed by atoms with Crippen molar-refractivity contribution in [2.75, 3.05) is 5.32 Å². The number of anilines is 1. The third kappa shape index (κ3) is 4.21. The van der Waals surface area contributed by atoms with E-state index in [0.717, 1.165) is 23.4 Å². The summed E-state index contributed by atoms with van der Waals surface area (Å²) < 4.78 is 42.1. The first kappa shape index (κ1) is 17.5. The zero-order valence-electron chi connectivity index (χ0n) is 13.6. The van der Waals surface area contributed by atoms with Gasteiger partial charge in [0.1, 0.15) is 5.75 Å². The largest absolute Gasteiger partial charge is 0.573 e. The molecule has 2 aromatic carbocycles. The van der Waals surface area contributed by atoms with Crippen LogP contribution in [0.2, 0.25) is 0 Å². The standard InChI is InChI=1S/C18H14F3N3O2/c1-12-2-3-13(10-16(12)24-9-8-22-11-24)17(25)23-14-4-6-15(7-5-14)26-18(19,20)21/h2-11H,1H3,(H,23,25). The minimum Gasteiger partial charge on any atom is -0.406 e. The lowest BCUT2D eigenvalue weighted by Crippen LogP contribution is -2.17. The van der Waals surface area contributed by atoms with Crippen LogP contribution in [0.3, 0.4) is 0 Å². The molecule has 0 saturated carbocycles. The summed E-state index contributed by atoms with van der Waals surface area (Å²) in [5, 5.41) is 2.64. The van der Waals surface area contributed by atoms with Gasteiger partial charge < -0.3 is 14.6 Å². The number of aryl methyl sites for hydroxylation is 1. The second-order valence-electron chi connectivity index (χ2n) is 5.50. The summed E-state index contributed by atoms with van der Waals surface area (Å²) in [4.78, 5) is 16.4. The van der Waals surface area contributed by atoms with Crippen molar-refractivity contribution in [2.24, 2.45) is 0 Å². The second kappa shape index (κ2) is 6.91. The molecular weight excluding hydrogens is 347 g/mol. The first-order valence-electron chi connectivity index (χ1n) is 7.58. The highest BCUT2D eigenvalue weighted by atomic mass is 19.4. The number of halogens is 3. The molecule has 0 fully saturated rings. The molecule has 3 aromatic rings. The molecule has 0 aliphatic rings.